The van der Waals surface area contributed by atoms with Crippen LogP contribution < -0.4 is 0 Å². The largest absolute Gasteiger partial charge is 0.416 e. The molecular formula is C23H25F3N4. The van der Waals surface area contributed by atoms with Crippen molar-refractivity contribution in [3.63, 3.8) is 0 Å². The van der Waals surface area contributed by atoms with E-state index in [2.05, 4.69) is 22.3 Å². The predicted octanol–water partition coefficient (Wildman–Crippen LogP) is 4.80. The van der Waals surface area contributed by atoms with Crippen molar-refractivity contribution in [1.29, 1.82) is 0 Å². The number of alkyl halides is 3. The van der Waals surface area contributed by atoms with E-state index in [4.69, 9.17) is 4.98 Å². The highest BCUT2D eigenvalue weighted by molar-refractivity contribution is 5.28. The summed E-state index contributed by atoms with van der Waals surface area (Å²) in [4.78, 5) is 7.27. The van der Waals surface area contributed by atoms with Crippen LogP contribution in [0.25, 0.3) is 0 Å². The highest BCUT2D eigenvalue weighted by Gasteiger charge is 2.30. The topological polar surface area (TPSA) is 34.0 Å². The molecule has 1 aromatic carbocycles. The third-order valence-corrected chi connectivity index (χ3v) is 5.67. The number of nitrogens with zero attached hydrogens (tertiary/aromatic N) is 4. The number of pyridine rings is 1. The van der Waals surface area contributed by atoms with Gasteiger partial charge in [-0.1, -0.05) is 18.2 Å². The first-order valence-corrected chi connectivity index (χ1v) is 10.2. The van der Waals surface area contributed by atoms with Crippen molar-refractivity contribution < 1.29 is 13.2 Å². The van der Waals surface area contributed by atoms with Crippen LogP contribution in [0, 0.1) is 0 Å². The predicted molar refractivity (Wildman–Crippen MR) is 109 cm³/mol. The Bertz CT molecular complexity index is 971. The van der Waals surface area contributed by atoms with Crippen LogP contribution in [-0.2, 0) is 26.2 Å². The molecule has 0 aliphatic carbocycles. The molecule has 1 saturated heterocycles. The van der Waals surface area contributed by atoms with Gasteiger partial charge in [-0.3, -0.25) is 14.6 Å². The molecule has 3 aromatic rings. The molecule has 1 aliphatic heterocycles. The van der Waals surface area contributed by atoms with Gasteiger partial charge in [0, 0.05) is 49.1 Å². The van der Waals surface area contributed by atoms with Crippen molar-refractivity contribution in [2.24, 2.45) is 7.05 Å². The van der Waals surface area contributed by atoms with E-state index in [0.29, 0.717) is 12.3 Å². The van der Waals surface area contributed by atoms with E-state index < -0.39 is 11.7 Å². The second-order valence-electron chi connectivity index (χ2n) is 8.00. The first kappa shape index (κ1) is 20.6. The number of hydrogen-bond acceptors (Lipinski definition) is 3. The highest BCUT2D eigenvalue weighted by atomic mass is 19.4. The Hall–Kier alpha value is -2.67. The van der Waals surface area contributed by atoms with Gasteiger partial charge in [0.2, 0.25) is 0 Å². The van der Waals surface area contributed by atoms with Crippen LogP contribution in [0.4, 0.5) is 13.2 Å². The molecule has 1 aliphatic rings. The Kier molecular flexibility index (Phi) is 5.90. The Morgan fingerprint density at radius 2 is 1.73 bits per heavy atom. The number of rotatable bonds is 5. The number of aromatic nitrogens is 3. The Morgan fingerprint density at radius 3 is 2.37 bits per heavy atom. The van der Waals surface area contributed by atoms with Crippen LogP contribution in [0.2, 0.25) is 0 Å². The van der Waals surface area contributed by atoms with Gasteiger partial charge in [0.1, 0.15) is 0 Å². The number of halogens is 3. The number of hydrogen-bond donors (Lipinski definition) is 0. The molecule has 30 heavy (non-hydrogen) atoms. The Labute approximate surface area is 174 Å². The van der Waals surface area contributed by atoms with Crippen molar-refractivity contribution in [1.82, 2.24) is 19.7 Å². The molecule has 0 N–H and O–H groups in total. The van der Waals surface area contributed by atoms with Crippen LogP contribution in [0.15, 0.2) is 54.9 Å². The molecule has 4 nitrogen and oxygen atoms in total. The van der Waals surface area contributed by atoms with E-state index in [0.717, 1.165) is 61.6 Å². The zero-order valence-corrected chi connectivity index (χ0v) is 16.9. The lowest BCUT2D eigenvalue weighted by Crippen LogP contribution is -2.32. The second kappa shape index (κ2) is 8.60. The fourth-order valence-electron chi connectivity index (χ4n) is 4.04. The van der Waals surface area contributed by atoms with E-state index in [1.807, 2.05) is 30.1 Å². The van der Waals surface area contributed by atoms with Crippen LogP contribution >= 0.6 is 0 Å². The summed E-state index contributed by atoms with van der Waals surface area (Å²) >= 11 is 0. The van der Waals surface area contributed by atoms with Crippen molar-refractivity contribution in [3.05, 3.63) is 82.9 Å². The minimum atomic E-state index is -4.30. The van der Waals surface area contributed by atoms with Gasteiger partial charge >= 0.3 is 6.18 Å². The molecule has 3 heterocycles. The maximum Gasteiger partial charge on any atom is 0.416 e. The summed E-state index contributed by atoms with van der Waals surface area (Å²) in [6.07, 6.45) is 2.30. The summed E-state index contributed by atoms with van der Waals surface area (Å²) in [6, 6.07) is 11.4. The van der Waals surface area contributed by atoms with E-state index in [1.165, 1.54) is 17.7 Å². The van der Waals surface area contributed by atoms with Crippen molar-refractivity contribution in [3.8, 4) is 0 Å². The van der Waals surface area contributed by atoms with Crippen molar-refractivity contribution in [2.45, 2.75) is 37.9 Å². The first-order chi connectivity index (χ1) is 14.4. The van der Waals surface area contributed by atoms with Gasteiger partial charge < -0.3 is 0 Å². The molecule has 0 atom stereocenters. The third kappa shape index (κ3) is 5.08. The molecular weight excluding hydrogens is 389 g/mol. The summed E-state index contributed by atoms with van der Waals surface area (Å²) in [5, 5.41) is 4.23. The van der Waals surface area contributed by atoms with Crippen LogP contribution in [0.1, 0.15) is 46.8 Å². The SMILES string of the molecule is Cn1cc(CN2CCC(c3cccc(Cc4ccc(C(F)(F)F)cc4)n3)CC2)cn1. The lowest BCUT2D eigenvalue weighted by atomic mass is 9.92. The molecule has 0 saturated carbocycles. The number of benzene rings is 1. The minimum absolute atomic E-state index is 0.419. The lowest BCUT2D eigenvalue weighted by molar-refractivity contribution is -0.137. The smallest absolute Gasteiger partial charge is 0.299 e. The summed E-state index contributed by atoms with van der Waals surface area (Å²) < 4.78 is 40.0. The minimum Gasteiger partial charge on any atom is -0.299 e. The Morgan fingerprint density at radius 1 is 1.00 bits per heavy atom. The van der Waals surface area contributed by atoms with Gasteiger partial charge in [0.15, 0.2) is 0 Å². The van der Waals surface area contributed by atoms with E-state index in [-0.39, 0.29) is 0 Å². The molecule has 1 fully saturated rings. The lowest BCUT2D eigenvalue weighted by Gasteiger charge is -2.31. The molecule has 158 valence electrons. The monoisotopic (exact) mass is 414 g/mol. The maximum atomic E-state index is 12.7. The zero-order chi connectivity index (χ0) is 21.1. The third-order valence-electron chi connectivity index (χ3n) is 5.67. The van der Waals surface area contributed by atoms with Crippen molar-refractivity contribution >= 4 is 0 Å². The standard InChI is InChI=1S/C23H25F3N4/c1-29-15-18(14-27-29)16-30-11-9-19(10-12-30)22-4-2-3-21(28-22)13-17-5-7-20(8-6-17)23(24,25)26/h2-8,14-15,19H,9-13,16H2,1H3. The molecule has 0 spiro atoms. The summed E-state index contributed by atoms with van der Waals surface area (Å²) in [6.45, 7) is 2.96. The molecule has 0 bridgehead atoms. The fraction of sp³-hybridized carbons (Fsp3) is 0.391. The second-order valence-corrected chi connectivity index (χ2v) is 8.00. The average molecular weight is 414 g/mol. The van der Waals surface area contributed by atoms with Gasteiger partial charge in [-0.2, -0.15) is 18.3 Å². The fourth-order valence-corrected chi connectivity index (χ4v) is 4.04. The normalized spacial score (nSPS) is 16.1. The summed E-state index contributed by atoms with van der Waals surface area (Å²) in [7, 11) is 1.93. The van der Waals surface area contributed by atoms with Crippen LogP contribution in [0.5, 0.6) is 0 Å². The highest BCUT2D eigenvalue weighted by Crippen LogP contribution is 2.30. The number of likely N-dealkylation sites (tertiary alicyclic amines) is 1. The molecule has 0 radical (unpaired) electrons. The Balaban J connectivity index is 1.35. The van der Waals surface area contributed by atoms with Gasteiger partial charge in [-0.25, -0.2) is 0 Å². The van der Waals surface area contributed by atoms with Crippen molar-refractivity contribution in [2.75, 3.05) is 13.1 Å². The van der Waals surface area contributed by atoms with Crippen LogP contribution in [0.3, 0.4) is 0 Å². The van der Waals surface area contributed by atoms with Crippen LogP contribution in [-0.4, -0.2) is 32.8 Å². The van der Waals surface area contributed by atoms with E-state index in [1.54, 1.807) is 0 Å². The van der Waals surface area contributed by atoms with E-state index in [9.17, 15) is 13.2 Å². The number of aryl methyl sites for hydroxylation is 1. The summed E-state index contributed by atoms with van der Waals surface area (Å²) in [5.41, 5.74) is 3.42. The van der Waals surface area contributed by atoms with Gasteiger partial charge in [-0.05, 0) is 55.8 Å². The first-order valence-electron chi connectivity index (χ1n) is 10.2. The van der Waals surface area contributed by atoms with Gasteiger partial charge in [0.25, 0.3) is 0 Å². The molecule has 0 unspecified atom stereocenters. The molecule has 0 amide bonds. The number of piperidine rings is 1. The summed E-state index contributed by atoms with van der Waals surface area (Å²) in [5.74, 6) is 0.419. The zero-order valence-electron chi connectivity index (χ0n) is 16.9. The quantitative estimate of drug-likeness (QED) is 0.601. The molecule has 7 heteroatoms. The average Bonchev–Trinajstić information content (AvgIpc) is 3.13. The maximum absolute atomic E-state index is 12.7. The van der Waals surface area contributed by atoms with Gasteiger partial charge in [0.05, 0.1) is 11.8 Å². The van der Waals surface area contributed by atoms with Gasteiger partial charge in [-0.15, -0.1) is 0 Å². The van der Waals surface area contributed by atoms with E-state index >= 15 is 0 Å². The molecule has 4 rings (SSSR count). The molecule has 2 aromatic heterocycles.